The number of aromatic nitrogens is 1. The maximum atomic E-state index is 6.18. The van der Waals surface area contributed by atoms with Crippen LogP contribution in [-0.2, 0) is 0 Å². The number of rotatable bonds is 5. The Kier molecular flexibility index (Phi) is 5.31. The SMILES string of the molecule is NC1=CC=CCN1C1CCC(=Cc2cccc(Oc3ccc(C4CC4)cn3)c2)CC1. The van der Waals surface area contributed by atoms with Crippen molar-refractivity contribution in [3.8, 4) is 11.6 Å². The molecule has 2 N–H and O–H groups in total. The van der Waals surface area contributed by atoms with Gasteiger partial charge in [-0.25, -0.2) is 4.98 Å². The molecule has 4 nitrogen and oxygen atoms in total. The molecule has 2 fully saturated rings. The molecule has 1 aromatic heterocycles. The molecule has 154 valence electrons. The molecule has 30 heavy (non-hydrogen) atoms. The van der Waals surface area contributed by atoms with Crippen molar-refractivity contribution in [2.24, 2.45) is 5.73 Å². The Balaban J connectivity index is 1.21. The summed E-state index contributed by atoms with van der Waals surface area (Å²) >= 11 is 0. The van der Waals surface area contributed by atoms with Crippen LogP contribution in [0.15, 0.2) is 72.2 Å². The average molecular weight is 400 g/mol. The summed E-state index contributed by atoms with van der Waals surface area (Å²) in [7, 11) is 0. The van der Waals surface area contributed by atoms with Gasteiger partial charge in [0.25, 0.3) is 0 Å². The summed E-state index contributed by atoms with van der Waals surface area (Å²) in [6.07, 6.45) is 17.6. The van der Waals surface area contributed by atoms with Crippen LogP contribution in [0.25, 0.3) is 6.08 Å². The minimum Gasteiger partial charge on any atom is -0.439 e. The molecule has 5 rings (SSSR count). The van der Waals surface area contributed by atoms with Crippen molar-refractivity contribution < 1.29 is 4.74 Å². The van der Waals surface area contributed by atoms with Gasteiger partial charge in [0, 0.05) is 24.8 Å². The molecule has 0 atom stereocenters. The standard InChI is InChI=1S/C26H29N3O/c27-25-6-1-2-15-29(25)23-12-7-19(8-13-23)16-20-4-3-5-24(17-20)30-26-14-11-22(18-28-26)21-9-10-21/h1-6,11,14,16-18,21,23H,7-10,12-13,15,27H2. The van der Waals surface area contributed by atoms with E-state index in [0.717, 1.165) is 49.7 Å². The van der Waals surface area contributed by atoms with Crippen LogP contribution in [0.4, 0.5) is 0 Å². The number of hydrogen-bond acceptors (Lipinski definition) is 4. The molecule has 2 saturated carbocycles. The highest BCUT2D eigenvalue weighted by Gasteiger charge is 2.24. The zero-order valence-electron chi connectivity index (χ0n) is 17.3. The highest BCUT2D eigenvalue weighted by Crippen LogP contribution is 2.40. The van der Waals surface area contributed by atoms with E-state index in [-0.39, 0.29) is 0 Å². The molecule has 0 bridgehead atoms. The number of benzene rings is 1. The summed E-state index contributed by atoms with van der Waals surface area (Å²) in [5.74, 6) is 3.11. The molecule has 0 amide bonds. The van der Waals surface area contributed by atoms with Gasteiger partial charge in [-0.15, -0.1) is 0 Å². The Morgan fingerprint density at radius 3 is 2.67 bits per heavy atom. The molecule has 3 aliphatic rings. The van der Waals surface area contributed by atoms with Crippen molar-refractivity contribution >= 4 is 6.08 Å². The van der Waals surface area contributed by atoms with Crippen LogP contribution in [0.2, 0.25) is 0 Å². The predicted octanol–water partition coefficient (Wildman–Crippen LogP) is 5.75. The minimum absolute atomic E-state index is 0.544. The first-order valence-electron chi connectivity index (χ1n) is 11.1. The molecule has 0 saturated heterocycles. The highest BCUT2D eigenvalue weighted by atomic mass is 16.5. The Labute approximate surface area is 178 Å². The quantitative estimate of drug-likeness (QED) is 0.695. The number of pyridine rings is 1. The lowest BCUT2D eigenvalue weighted by Crippen LogP contribution is -2.40. The Bertz CT molecular complexity index is 976. The summed E-state index contributed by atoms with van der Waals surface area (Å²) in [5.41, 5.74) is 10.2. The van der Waals surface area contributed by atoms with E-state index in [0.29, 0.717) is 11.9 Å². The fourth-order valence-corrected chi connectivity index (χ4v) is 4.47. The zero-order valence-corrected chi connectivity index (χ0v) is 17.3. The minimum atomic E-state index is 0.544. The smallest absolute Gasteiger partial charge is 0.219 e. The highest BCUT2D eigenvalue weighted by molar-refractivity contribution is 5.55. The molecule has 0 radical (unpaired) electrons. The second-order valence-corrected chi connectivity index (χ2v) is 8.58. The fraction of sp³-hybridized carbons (Fsp3) is 0.346. The Hall–Kier alpha value is -3.01. The first-order valence-corrected chi connectivity index (χ1v) is 11.1. The molecular formula is C26H29N3O. The van der Waals surface area contributed by atoms with Crippen LogP contribution in [-0.4, -0.2) is 22.5 Å². The van der Waals surface area contributed by atoms with Crippen molar-refractivity contribution in [3.63, 3.8) is 0 Å². The molecule has 2 aromatic rings. The Morgan fingerprint density at radius 2 is 1.93 bits per heavy atom. The third-order valence-electron chi connectivity index (χ3n) is 6.33. The van der Waals surface area contributed by atoms with Gasteiger partial charge in [0.1, 0.15) is 5.75 Å². The molecule has 1 aliphatic heterocycles. The van der Waals surface area contributed by atoms with Gasteiger partial charge in [-0.1, -0.05) is 42.0 Å². The molecule has 2 heterocycles. The van der Waals surface area contributed by atoms with Crippen LogP contribution in [0, 0.1) is 0 Å². The number of hydrogen-bond donors (Lipinski definition) is 1. The zero-order chi connectivity index (χ0) is 20.3. The monoisotopic (exact) mass is 399 g/mol. The van der Waals surface area contributed by atoms with E-state index < -0.39 is 0 Å². The summed E-state index contributed by atoms with van der Waals surface area (Å²) in [6.45, 7) is 0.932. The molecule has 0 spiro atoms. The van der Waals surface area contributed by atoms with Gasteiger partial charge in [0.15, 0.2) is 0 Å². The summed E-state index contributed by atoms with van der Waals surface area (Å²) in [5, 5.41) is 0. The van der Waals surface area contributed by atoms with Crippen molar-refractivity contribution in [3.05, 3.63) is 83.3 Å². The number of ether oxygens (including phenoxy) is 1. The van der Waals surface area contributed by atoms with E-state index >= 15 is 0 Å². The van der Waals surface area contributed by atoms with Crippen molar-refractivity contribution in [1.29, 1.82) is 0 Å². The second kappa shape index (κ2) is 8.39. The average Bonchev–Trinajstić information content (AvgIpc) is 3.61. The van der Waals surface area contributed by atoms with Crippen molar-refractivity contribution in [2.45, 2.75) is 50.5 Å². The van der Waals surface area contributed by atoms with Gasteiger partial charge in [-0.3, -0.25) is 0 Å². The van der Waals surface area contributed by atoms with E-state index in [2.05, 4.69) is 46.3 Å². The Morgan fingerprint density at radius 1 is 1.07 bits per heavy atom. The number of nitrogens with zero attached hydrogens (tertiary/aromatic N) is 2. The summed E-state index contributed by atoms with van der Waals surface area (Å²) in [4.78, 5) is 6.82. The van der Waals surface area contributed by atoms with Crippen LogP contribution in [0.1, 0.15) is 55.6 Å². The normalized spacial score (nSPS) is 21.3. The lowest BCUT2D eigenvalue weighted by molar-refractivity contribution is 0.230. The molecular weight excluding hydrogens is 370 g/mol. The van der Waals surface area contributed by atoms with Gasteiger partial charge in [0.2, 0.25) is 5.88 Å². The van der Waals surface area contributed by atoms with Gasteiger partial charge < -0.3 is 15.4 Å². The summed E-state index contributed by atoms with van der Waals surface area (Å²) in [6, 6.07) is 13.0. The van der Waals surface area contributed by atoms with E-state index in [9.17, 15) is 0 Å². The van der Waals surface area contributed by atoms with Crippen LogP contribution in [0.3, 0.4) is 0 Å². The maximum absolute atomic E-state index is 6.18. The topological polar surface area (TPSA) is 51.4 Å². The van der Waals surface area contributed by atoms with Crippen molar-refractivity contribution in [2.75, 3.05) is 6.54 Å². The van der Waals surface area contributed by atoms with E-state index in [1.165, 1.54) is 29.5 Å². The first-order chi connectivity index (χ1) is 14.7. The third kappa shape index (κ3) is 4.43. The number of allylic oxidation sites excluding steroid dienone is 3. The lowest BCUT2D eigenvalue weighted by atomic mass is 9.88. The first kappa shape index (κ1) is 19.0. The number of nitrogens with two attached hydrogens (primary N) is 1. The summed E-state index contributed by atoms with van der Waals surface area (Å²) < 4.78 is 6.00. The van der Waals surface area contributed by atoms with Gasteiger partial charge in [0.05, 0.1) is 5.82 Å². The molecule has 4 heteroatoms. The van der Waals surface area contributed by atoms with E-state index in [1.807, 2.05) is 30.5 Å². The predicted molar refractivity (Wildman–Crippen MR) is 121 cm³/mol. The fourth-order valence-electron chi connectivity index (χ4n) is 4.47. The maximum Gasteiger partial charge on any atom is 0.219 e. The molecule has 2 aliphatic carbocycles. The molecule has 1 aromatic carbocycles. The van der Waals surface area contributed by atoms with E-state index in [4.69, 9.17) is 10.5 Å². The second-order valence-electron chi connectivity index (χ2n) is 8.58. The third-order valence-corrected chi connectivity index (χ3v) is 6.33. The van der Waals surface area contributed by atoms with Gasteiger partial charge >= 0.3 is 0 Å². The lowest BCUT2D eigenvalue weighted by Gasteiger charge is -2.37. The van der Waals surface area contributed by atoms with Crippen LogP contribution in [0.5, 0.6) is 11.6 Å². The van der Waals surface area contributed by atoms with Gasteiger partial charge in [-0.2, -0.15) is 0 Å². The van der Waals surface area contributed by atoms with E-state index in [1.54, 1.807) is 0 Å². The van der Waals surface area contributed by atoms with Crippen LogP contribution < -0.4 is 10.5 Å². The van der Waals surface area contributed by atoms with Crippen molar-refractivity contribution in [1.82, 2.24) is 9.88 Å². The largest absolute Gasteiger partial charge is 0.439 e. The van der Waals surface area contributed by atoms with Gasteiger partial charge in [-0.05, 0) is 73.8 Å². The molecule has 0 unspecified atom stereocenters. The van der Waals surface area contributed by atoms with Crippen LogP contribution >= 0.6 is 0 Å².